The van der Waals surface area contributed by atoms with Crippen LogP contribution >= 0.6 is 0 Å². The van der Waals surface area contributed by atoms with Crippen LogP contribution < -0.4 is 11.1 Å². The summed E-state index contributed by atoms with van der Waals surface area (Å²) in [5, 5.41) is 5.73. The summed E-state index contributed by atoms with van der Waals surface area (Å²) in [4.78, 5) is 11.6. The monoisotopic (exact) mass is 271 g/mol. The van der Waals surface area contributed by atoms with Crippen LogP contribution in [0.2, 0.25) is 0 Å². The van der Waals surface area contributed by atoms with Crippen molar-refractivity contribution in [2.45, 2.75) is 6.18 Å². The summed E-state index contributed by atoms with van der Waals surface area (Å²) in [6.45, 7) is 0. The van der Waals surface area contributed by atoms with Gasteiger partial charge in [0, 0.05) is 6.07 Å². The fourth-order valence-electron chi connectivity index (χ4n) is 1.37. The van der Waals surface area contributed by atoms with Crippen molar-refractivity contribution in [3.63, 3.8) is 0 Å². The van der Waals surface area contributed by atoms with Gasteiger partial charge in [0.2, 0.25) is 0 Å². The molecule has 8 heteroatoms. The fraction of sp³-hybridized carbons (Fsp3) is 0.0909. The molecule has 1 heterocycles. The van der Waals surface area contributed by atoms with Crippen molar-refractivity contribution in [1.29, 1.82) is 0 Å². The lowest BCUT2D eigenvalue weighted by molar-refractivity contribution is -0.137. The minimum atomic E-state index is -4.48. The van der Waals surface area contributed by atoms with Crippen molar-refractivity contribution in [3.05, 3.63) is 41.8 Å². The van der Waals surface area contributed by atoms with E-state index in [-0.39, 0.29) is 17.1 Å². The number of nitrogens with one attached hydrogen (secondary N) is 1. The second-order valence-corrected chi connectivity index (χ2v) is 3.64. The van der Waals surface area contributed by atoms with E-state index in [1.807, 2.05) is 0 Å². The van der Waals surface area contributed by atoms with Gasteiger partial charge in [0.25, 0.3) is 5.91 Å². The molecular weight excluding hydrogens is 263 g/mol. The Balaban J connectivity index is 2.21. The third kappa shape index (κ3) is 2.84. The summed E-state index contributed by atoms with van der Waals surface area (Å²) in [5.41, 5.74) is 4.46. The third-order valence-corrected chi connectivity index (χ3v) is 2.30. The number of hydrogen-bond acceptors (Lipinski definition) is 4. The largest absolute Gasteiger partial charge is 0.416 e. The van der Waals surface area contributed by atoms with Gasteiger partial charge >= 0.3 is 6.18 Å². The number of alkyl halides is 3. The highest BCUT2D eigenvalue weighted by Crippen LogP contribution is 2.32. The molecule has 0 radical (unpaired) electrons. The molecule has 100 valence electrons. The van der Waals surface area contributed by atoms with Gasteiger partial charge in [0.15, 0.2) is 5.69 Å². The number of benzene rings is 1. The Labute approximate surface area is 105 Å². The van der Waals surface area contributed by atoms with Gasteiger partial charge in [-0.2, -0.15) is 13.2 Å². The highest BCUT2D eigenvalue weighted by molar-refractivity contribution is 6.04. The van der Waals surface area contributed by atoms with Gasteiger partial charge in [0.05, 0.1) is 16.9 Å². The first-order valence-corrected chi connectivity index (χ1v) is 5.06. The molecule has 2 rings (SSSR count). The van der Waals surface area contributed by atoms with Crippen molar-refractivity contribution >= 4 is 17.3 Å². The van der Waals surface area contributed by atoms with Gasteiger partial charge in [-0.15, -0.1) is 0 Å². The van der Waals surface area contributed by atoms with E-state index in [1.165, 1.54) is 12.3 Å². The molecule has 1 amide bonds. The minimum Gasteiger partial charge on any atom is -0.397 e. The molecule has 0 spiro atoms. The highest BCUT2D eigenvalue weighted by Gasteiger charge is 2.30. The number of aromatic nitrogens is 1. The van der Waals surface area contributed by atoms with Crippen LogP contribution in [0.15, 0.2) is 35.1 Å². The van der Waals surface area contributed by atoms with Crippen molar-refractivity contribution in [3.8, 4) is 0 Å². The zero-order chi connectivity index (χ0) is 14.0. The molecule has 1 aromatic heterocycles. The molecule has 0 saturated carbocycles. The number of anilines is 2. The van der Waals surface area contributed by atoms with Gasteiger partial charge in [-0.25, -0.2) is 0 Å². The Morgan fingerprint density at radius 3 is 2.58 bits per heavy atom. The number of carbonyl (C=O) groups excluding carboxylic acids is 1. The molecule has 2 aromatic rings. The zero-order valence-electron chi connectivity index (χ0n) is 9.36. The van der Waals surface area contributed by atoms with Crippen LogP contribution in [0, 0.1) is 0 Å². The number of rotatable bonds is 2. The Kier molecular flexibility index (Phi) is 3.16. The second-order valence-electron chi connectivity index (χ2n) is 3.64. The van der Waals surface area contributed by atoms with Gasteiger partial charge < -0.3 is 15.6 Å². The van der Waals surface area contributed by atoms with Crippen LogP contribution in [-0.2, 0) is 6.18 Å². The Morgan fingerprint density at radius 1 is 1.32 bits per heavy atom. The summed E-state index contributed by atoms with van der Waals surface area (Å²) in [6, 6.07) is 3.97. The van der Waals surface area contributed by atoms with E-state index in [4.69, 9.17) is 5.73 Å². The molecule has 5 nitrogen and oxygen atoms in total. The predicted octanol–water partition coefficient (Wildman–Crippen LogP) is 2.53. The van der Waals surface area contributed by atoms with Crippen LogP contribution in [0.5, 0.6) is 0 Å². The third-order valence-electron chi connectivity index (χ3n) is 2.30. The Bertz CT molecular complexity index is 594. The highest BCUT2D eigenvalue weighted by atomic mass is 19.4. The van der Waals surface area contributed by atoms with Gasteiger partial charge in [-0.3, -0.25) is 4.79 Å². The molecule has 1 aromatic carbocycles. The molecular formula is C11H8F3N3O2. The summed E-state index contributed by atoms with van der Waals surface area (Å²) < 4.78 is 41.7. The molecule has 0 aliphatic carbocycles. The average Bonchev–Trinajstić information content (AvgIpc) is 2.84. The second kappa shape index (κ2) is 4.63. The van der Waals surface area contributed by atoms with E-state index in [2.05, 4.69) is 15.0 Å². The van der Waals surface area contributed by atoms with Crippen LogP contribution in [0.4, 0.5) is 24.5 Å². The Hall–Kier alpha value is -2.51. The maximum Gasteiger partial charge on any atom is 0.416 e. The number of halogens is 3. The summed E-state index contributed by atoms with van der Waals surface area (Å²) in [7, 11) is 0. The van der Waals surface area contributed by atoms with E-state index in [1.54, 1.807) is 0 Å². The standard InChI is InChI=1S/C11H8F3N3O2/c12-11(13,14)6-1-2-8(7(15)5-6)16-10(18)9-3-4-19-17-9/h1-5H,15H2,(H,16,18). The van der Waals surface area contributed by atoms with Crippen molar-refractivity contribution in [1.82, 2.24) is 5.16 Å². The SMILES string of the molecule is Nc1cc(C(F)(F)F)ccc1NC(=O)c1ccon1. The molecule has 0 unspecified atom stereocenters. The fourth-order valence-corrected chi connectivity index (χ4v) is 1.37. The summed E-state index contributed by atoms with van der Waals surface area (Å²) >= 11 is 0. The Morgan fingerprint density at radius 2 is 2.05 bits per heavy atom. The first kappa shape index (κ1) is 12.9. The van der Waals surface area contributed by atoms with Crippen molar-refractivity contribution in [2.75, 3.05) is 11.1 Å². The van der Waals surface area contributed by atoms with Gasteiger partial charge in [-0.1, -0.05) is 5.16 Å². The normalized spacial score (nSPS) is 11.3. The molecule has 0 aliphatic heterocycles. The smallest absolute Gasteiger partial charge is 0.397 e. The van der Waals surface area contributed by atoms with Crippen LogP contribution in [0.1, 0.15) is 16.1 Å². The van der Waals surface area contributed by atoms with Crippen LogP contribution in [0.3, 0.4) is 0 Å². The van der Waals surface area contributed by atoms with E-state index < -0.39 is 17.6 Å². The first-order valence-electron chi connectivity index (χ1n) is 5.06. The molecule has 0 fully saturated rings. The van der Waals surface area contributed by atoms with E-state index in [0.717, 1.165) is 18.2 Å². The topological polar surface area (TPSA) is 81.1 Å². The maximum atomic E-state index is 12.4. The van der Waals surface area contributed by atoms with E-state index >= 15 is 0 Å². The number of amides is 1. The van der Waals surface area contributed by atoms with E-state index in [9.17, 15) is 18.0 Å². The number of nitrogen functional groups attached to an aromatic ring is 1. The molecule has 3 N–H and O–H groups in total. The van der Waals surface area contributed by atoms with Crippen molar-refractivity contribution in [2.24, 2.45) is 0 Å². The lowest BCUT2D eigenvalue weighted by Crippen LogP contribution is -2.14. The van der Waals surface area contributed by atoms with Crippen LogP contribution in [-0.4, -0.2) is 11.1 Å². The average molecular weight is 271 g/mol. The van der Waals surface area contributed by atoms with E-state index in [0.29, 0.717) is 0 Å². The number of nitrogens with zero attached hydrogens (tertiary/aromatic N) is 1. The zero-order valence-corrected chi connectivity index (χ0v) is 9.36. The number of hydrogen-bond donors (Lipinski definition) is 2. The van der Waals surface area contributed by atoms with Gasteiger partial charge in [-0.05, 0) is 18.2 Å². The predicted molar refractivity (Wildman–Crippen MR) is 60.3 cm³/mol. The summed E-state index contributed by atoms with van der Waals surface area (Å²) in [5.74, 6) is -0.625. The molecule has 0 aliphatic rings. The lowest BCUT2D eigenvalue weighted by atomic mass is 10.1. The van der Waals surface area contributed by atoms with Gasteiger partial charge in [0.1, 0.15) is 6.26 Å². The molecule has 0 saturated heterocycles. The maximum absolute atomic E-state index is 12.4. The molecule has 0 atom stereocenters. The number of carbonyl (C=O) groups is 1. The van der Waals surface area contributed by atoms with Crippen LogP contribution in [0.25, 0.3) is 0 Å². The van der Waals surface area contributed by atoms with Crippen molar-refractivity contribution < 1.29 is 22.5 Å². The first-order chi connectivity index (χ1) is 8.88. The lowest BCUT2D eigenvalue weighted by Gasteiger charge is -2.11. The number of nitrogens with two attached hydrogens (primary N) is 1. The molecule has 0 bridgehead atoms. The quantitative estimate of drug-likeness (QED) is 0.822. The minimum absolute atomic E-state index is 0.000650. The molecule has 19 heavy (non-hydrogen) atoms. The summed E-state index contributed by atoms with van der Waals surface area (Å²) in [6.07, 6.45) is -3.28.